The lowest BCUT2D eigenvalue weighted by molar-refractivity contribution is 0.313. The first-order valence-electron chi connectivity index (χ1n) is 6.23. The van der Waals surface area contributed by atoms with E-state index < -0.39 is 0 Å². The molecule has 100 valence electrons. The summed E-state index contributed by atoms with van der Waals surface area (Å²) >= 11 is 3.27. The molecule has 0 bridgehead atoms. The molecule has 1 nitrogen and oxygen atoms in total. The van der Waals surface area contributed by atoms with E-state index in [9.17, 15) is 4.39 Å². The van der Waals surface area contributed by atoms with Crippen LogP contribution in [-0.4, -0.2) is 11.9 Å². The third-order valence-corrected chi connectivity index (χ3v) is 3.65. The highest BCUT2D eigenvalue weighted by Gasteiger charge is 2.07. The molecule has 0 unspecified atom stereocenters. The summed E-state index contributed by atoms with van der Waals surface area (Å²) < 4.78 is 14.5. The van der Waals surface area contributed by atoms with E-state index >= 15 is 0 Å². The van der Waals surface area contributed by atoms with Crippen LogP contribution < -0.4 is 0 Å². The fourth-order valence-electron chi connectivity index (χ4n) is 2.07. The smallest absolute Gasteiger partial charge is 0.128 e. The van der Waals surface area contributed by atoms with Crippen LogP contribution in [0.25, 0.3) is 0 Å². The molecule has 0 saturated carbocycles. The van der Waals surface area contributed by atoms with Gasteiger partial charge in [0.1, 0.15) is 5.82 Å². The second kappa shape index (κ2) is 6.31. The van der Waals surface area contributed by atoms with E-state index in [1.807, 2.05) is 31.3 Å². The maximum Gasteiger partial charge on any atom is 0.128 e. The van der Waals surface area contributed by atoms with Crippen LogP contribution in [0.1, 0.15) is 16.7 Å². The number of hydrogen-bond donors (Lipinski definition) is 0. The largest absolute Gasteiger partial charge is 0.298 e. The summed E-state index contributed by atoms with van der Waals surface area (Å²) in [5.41, 5.74) is 3.27. The van der Waals surface area contributed by atoms with Crippen LogP contribution in [0.3, 0.4) is 0 Å². The molecule has 0 N–H and O–H groups in total. The van der Waals surface area contributed by atoms with Gasteiger partial charge in [0, 0.05) is 23.1 Å². The van der Waals surface area contributed by atoms with E-state index in [4.69, 9.17) is 0 Å². The van der Waals surface area contributed by atoms with Crippen molar-refractivity contribution in [2.45, 2.75) is 20.0 Å². The Morgan fingerprint density at radius 3 is 2.42 bits per heavy atom. The fourth-order valence-corrected chi connectivity index (χ4v) is 2.41. The van der Waals surface area contributed by atoms with Crippen molar-refractivity contribution in [2.24, 2.45) is 0 Å². The van der Waals surface area contributed by atoms with Crippen LogP contribution in [0.5, 0.6) is 0 Å². The molecule has 2 rings (SSSR count). The Hall–Kier alpha value is -1.19. The SMILES string of the molecule is Cc1ccccc1CN(C)Cc1ccc(Br)cc1F. The standard InChI is InChI=1S/C16H17BrFN/c1-12-5-3-4-6-13(12)10-19(2)11-14-7-8-15(17)9-16(14)18/h3-9H,10-11H2,1-2H3. The molecule has 0 saturated heterocycles. The molecule has 19 heavy (non-hydrogen) atoms. The first-order valence-corrected chi connectivity index (χ1v) is 7.02. The molecule has 0 aliphatic heterocycles. The lowest BCUT2D eigenvalue weighted by Crippen LogP contribution is -2.18. The lowest BCUT2D eigenvalue weighted by Gasteiger charge is -2.18. The minimum atomic E-state index is -0.161. The Balaban J connectivity index is 2.05. The molecule has 0 amide bonds. The zero-order valence-corrected chi connectivity index (χ0v) is 12.7. The van der Waals surface area contributed by atoms with Crippen molar-refractivity contribution in [1.82, 2.24) is 4.90 Å². The van der Waals surface area contributed by atoms with Crippen LogP contribution in [0.4, 0.5) is 4.39 Å². The molecule has 0 aliphatic rings. The molecule has 0 atom stereocenters. The normalized spacial score (nSPS) is 11.0. The summed E-state index contributed by atoms with van der Waals surface area (Å²) in [5.74, 6) is -0.161. The van der Waals surface area contributed by atoms with Gasteiger partial charge in [0.05, 0.1) is 0 Å². The molecule has 0 aliphatic carbocycles. The van der Waals surface area contributed by atoms with Crippen molar-refractivity contribution >= 4 is 15.9 Å². The molecule has 2 aromatic rings. The fraction of sp³-hybridized carbons (Fsp3) is 0.250. The average Bonchev–Trinajstić information content (AvgIpc) is 2.36. The molecule has 0 radical (unpaired) electrons. The van der Waals surface area contributed by atoms with Gasteiger partial charge in [0.25, 0.3) is 0 Å². The molecular formula is C16H17BrFN. The summed E-state index contributed by atoms with van der Waals surface area (Å²) in [4.78, 5) is 2.12. The summed E-state index contributed by atoms with van der Waals surface area (Å²) in [6, 6.07) is 13.5. The van der Waals surface area contributed by atoms with Crippen LogP contribution in [-0.2, 0) is 13.1 Å². The van der Waals surface area contributed by atoms with Crippen molar-refractivity contribution in [3.05, 3.63) is 69.4 Å². The highest BCUT2D eigenvalue weighted by atomic mass is 79.9. The molecule has 2 aromatic carbocycles. The Labute approximate surface area is 122 Å². The number of hydrogen-bond acceptors (Lipinski definition) is 1. The van der Waals surface area contributed by atoms with Crippen molar-refractivity contribution in [2.75, 3.05) is 7.05 Å². The van der Waals surface area contributed by atoms with Crippen molar-refractivity contribution < 1.29 is 4.39 Å². The van der Waals surface area contributed by atoms with Gasteiger partial charge in [0.15, 0.2) is 0 Å². The van der Waals surface area contributed by atoms with Gasteiger partial charge in [-0.3, -0.25) is 4.90 Å². The Bertz CT molecular complexity index is 568. The molecule has 3 heteroatoms. The topological polar surface area (TPSA) is 3.24 Å². The van der Waals surface area contributed by atoms with Gasteiger partial charge in [-0.1, -0.05) is 46.3 Å². The van der Waals surface area contributed by atoms with Gasteiger partial charge in [-0.05, 0) is 37.2 Å². The van der Waals surface area contributed by atoms with E-state index in [1.165, 1.54) is 17.2 Å². The minimum absolute atomic E-state index is 0.161. The Kier molecular flexibility index (Phi) is 4.72. The number of benzene rings is 2. The monoisotopic (exact) mass is 321 g/mol. The van der Waals surface area contributed by atoms with Crippen molar-refractivity contribution in [3.8, 4) is 0 Å². The second-order valence-corrected chi connectivity index (χ2v) is 5.75. The number of aryl methyl sites for hydroxylation is 1. The van der Waals surface area contributed by atoms with E-state index in [2.05, 4.69) is 39.9 Å². The van der Waals surface area contributed by atoms with E-state index in [1.54, 1.807) is 0 Å². The van der Waals surface area contributed by atoms with E-state index in [0.717, 1.165) is 16.6 Å². The Morgan fingerprint density at radius 1 is 1.05 bits per heavy atom. The predicted octanol–water partition coefficient (Wildman–Crippen LogP) is 4.53. The molecule has 0 fully saturated rings. The van der Waals surface area contributed by atoms with Gasteiger partial charge < -0.3 is 0 Å². The van der Waals surface area contributed by atoms with Gasteiger partial charge in [-0.2, -0.15) is 0 Å². The van der Waals surface area contributed by atoms with Crippen molar-refractivity contribution in [1.29, 1.82) is 0 Å². The molecule has 0 spiro atoms. The van der Waals surface area contributed by atoms with Crippen LogP contribution in [0.15, 0.2) is 46.9 Å². The van der Waals surface area contributed by atoms with Gasteiger partial charge >= 0.3 is 0 Å². The number of rotatable bonds is 4. The third-order valence-electron chi connectivity index (χ3n) is 3.16. The quantitative estimate of drug-likeness (QED) is 0.799. The highest BCUT2D eigenvalue weighted by Crippen LogP contribution is 2.17. The maximum absolute atomic E-state index is 13.8. The number of halogens is 2. The third kappa shape index (κ3) is 3.88. The van der Waals surface area contributed by atoms with Gasteiger partial charge in [-0.15, -0.1) is 0 Å². The van der Waals surface area contributed by atoms with E-state index in [-0.39, 0.29) is 5.82 Å². The molecular weight excluding hydrogens is 305 g/mol. The molecule has 0 aromatic heterocycles. The first-order chi connectivity index (χ1) is 9.06. The molecule has 0 heterocycles. The van der Waals surface area contributed by atoms with Crippen molar-refractivity contribution in [3.63, 3.8) is 0 Å². The second-order valence-electron chi connectivity index (χ2n) is 4.83. The van der Waals surface area contributed by atoms with Crippen LogP contribution in [0.2, 0.25) is 0 Å². The summed E-state index contributed by atoms with van der Waals surface area (Å²) in [7, 11) is 2.01. The van der Waals surface area contributed by atoms with Crippen LogP contribution in [0, 0.1) is 12.7 Å². The summed E-state index contributed by atoms with van der Waals surface area (Å²) in [6.45, 7) is 3.53. The highest BCUT2D eigenvalue weighted by molar-refractivity contribution is 9.10. The minimum Gasteiger partial charge on any atom is -0.298 e. The Morgan fingerprint density at radius 2 is 1.74 bits per heavy atom. The van der Waals surface area contributed by atoms with Gasteiger partial charge in [0.2, 0.25) is 0 Å². The zero-order chi connectivity index (χ0) is 13.8. The summed E-state index contributed by atoms with van der Waals surface area (Å²) in [6.07, 6.45) is 0. The summed E-state index contributed by atoms with van der Waals surface area (Å²) in [5, 5.41) is 0. The predicted molar refractivity (Wildman–Crippen MR) is 80.5 cm³/mol. The van der Waals surface area contributed by atoms with E-state index in [0.29, 0.717) is 6.54 Å². The van der Waals surface area contributed by atoms with Gasteiger partial charge in [-0.25, -0.2) is 4.39 Å². The zero-order valence-electron chi connectivity index (χ0n) is 11.2. The van der Waals surface area contributed by atoms with Crippen LogP contribution >= 0.6 is 15.9 Å². The number of nitrogens with zero attached hydrogens (tertiary/aromatic N) is 1. The first kappa shape index (κ1) is 14.2. The average molecular weight is 322 g/mol. The lowest BCUT2D eigenvalue weighted by atomic mass is 10.1. The maximum atomic E-state index is 13.8.